The standard InChI is InChI=1S/C21H24N4O4S.CH3F/c1-4-16(25-30(27,28)18-9-7-6-8-10-18)11-12-17(5-2)29-19-13-14-23-21(24-15-26)20(19)22-3;1-2/h4-15,22,25H,1-3H3,(H,23,24,26);1H3/b12-11-,16-4+,17-5+;. The Morgan fingerprint density at radius 1 is 1.06 bits per heavy atom. The van der Waals surface area contributed by atoms with Crippen molar-refractivity contribution in [2.45, 2.75) is 18.7 Å². The lowest BCUT2D eigenvalue weighted by atomic mass is 10.3. The van der Waals surface area contributed by atoms with Crippen molar-refractivity contribution < 1.29 is 22.3 Å². The molecule has 0 spiro atoms. The van der Waals surface area contributed by atoms with Crippen molar-refractivity contribution in [3.8, 4) is 5.75 Å². The lowest BCUT2D eigenvalue weighted by molar-refractivity contribution is -0.105. The molecule has 3 N–H and O–H groups in total. The van der Waals surface area contributed by atoms with E-state index in [0.29, 0.717) is 42.3 Å². The SMILES string of the molecule is CF.C\C=C(/C=C\C(=C/C)Oc1ccnc(NC=O)c1NC)NS(=O)(=O)c1ccccc1. The molecule has 0 bridgehead atoms. The predicted molar refractivity (Wildman–Crippen MR) is 125 cm³/mol. The number of amides is 1. The quantitative estimate of drug-likeness (QED) is 0.280. The molecule has 0 radical (unpaired) electrons. The average molecular weight is 463 g/mol. The number of halogens is 1. The van der Waals surface area contributed by atoms with Gasteiger partial charge in [0.15, 0.2) is 11.6 Å². The number of carbonyl (C=O) groups excluding carboxylic acids is 1. The molecule has 0 aliphatic carbocycles. The number of sulfonamides is 1. The molecule has 1 aromatic heterocycles. The first-order valence-electron chi connectivity index (χ1n) is 9.46. The Bertz CT molecular complexity index is 1070. The molecule has 0 unspecified atom stereocenters. The molecule has 0 fully saturated rings. The summed E-state index contributed by atoms with van der Waals surface area (Å²) in [5.41, 5.74) is 0.891. The number of pyridine rings is 1. The molecule has 0 aliphatic rings. The lowest BCUT2D eigenvalue weighted by Crippen LogP contribution is -2.22. The van der Waals surface area contributed by atoms with E-state index in [0.717, 1.165) is 0 Å². The molecule has 8 nitrogen and oxygen atoms in total. The summed E-state index contributed by atoms with van der Waals surface area (Å²) in [5, 5.41) is 5.44. The van der Waals surface area contributed by atoms with Gasteiger partial charge in [0.25, 0.3) is 10.0 Å². The molecule has 1 heterocycles. The fourth-order valence-corrected chi connectivity index (χ4v) is 3.56. The summed E-state index contributed by atoms with van der Waals surface area (Å²) < 4.78 is 43.0. The van der Waals surface area contributed by atoms with Crippen LogP contribution >= 0.6 is 0 Å². The molecule has 1 amide bonds. The zero-order chi connectivity index (χ0) is 24.0. The zero-order valence-electron chi connectivity index (χ0n) is 18.3. The summed E-state index contributed by atoms with van der Waals surface area (Å²) in [7, 11) is -1.52. The van der Waals surface area contributed by atoms with Crippen LogP contribution in [-0.4, -0.2) is 34.0 Å². The first kappa shape index (κ1) is 26.4. The van der Waals surface area contributed by atoms with Crippen molar-refractivity contribution in [3.63, 3.8) is 0 Å². The number of hydrogen-bond donors (Lipinski definition) is 3. The number of nitrogens with zero attached hydrogens (tertiary/aromatic N) is 1. The molecule has 0 saturated heterocycles. The third-order valence-electron chi connectivity index (χ3n) is 3.91. The van der Waals surface area contributed by atoms with Crippen LogP contribution in [0, 0.1) is 0 Å². The Balaban J connectivity index is 0.00000249. The summed E-state index contributed by atoms with van der Waals surface area (Å²) in [6.45, 7) is 3.51. The van der Waals surface area contributed by atoms with Gasteiger partial charge in [-0.2, -0.15) is 0 Å². The first-order valence-corrected chi connectivity index (χ1v) is 10.9. The Kier molecular flexibility index (Phi) is 11.2. The second kappa shape index (κ2) is 13.6. The maximum absolute atomic E-state index is 12.5. The van der Waals surface area contributed by atoms with Crippen molar-refractivity contribution in [2.24, 2.45) is 0 Å². The fourth-order valence-electron chi connectivity index (χ4n) is 2.43. The molecular formula is C22H27FN4O4S. The number of rotatable bonds is 10. The number of nitrogens with one attached hydrogen (secondary N) is 3. The van der Waals surface area contributed by atoms with Crippen molar-refractivity contribution in [1.82, 2.24) is 9.71 Å². The van der Waals surface area contributed by atoms with Gasteiger partial charge in [0.05, 0.1) is 12.1 Å². The van der Waals surface area contributed by atoms with Crippen LogP contribution in [0.25, 0.3) is 0 Å². The fraction of sp³-hybridized carbons (Fsp3) is 0.182. The van der Waals surface area contributed by atoms with E-state index in [-0.39, 0.29) is 4.90 Å². The maximum atomic E-state index is 12.5. The second-order valence-corrected chi connectivity index (χ2v) is 7.52. The Morgan fingerprint density at radius 2 is 1.75 bits per heavy atom. The normalized spacial score (nSPS) is 11.9. The molecule has 32 heavy (non-hydrogen) atoms. The highest BCUT2D eigenvalue weighted by Crippen LogP contribution is 2.31. The van der Waals surface area contributed by atoms with E-state index in [2.05, 4.69) is 20.3 Å². The zero-order valence-corrected chi connectivity index (χ0v) is 19.1. The van der Waals surface area contributed by atoms with E-state index < -0.39 is 10.0 Å². The van der Waals surface area contributed by atoms with E-state index in [4.69, 9.17) is 4.74 Å². The molecule has 172 valence electrons. The number of aromatic nitrogens is 1. The van der Waals surface area contributed by atoms with Crippen LogP contribution in [0.5, 0.6) is 5.75 Å². The molecule has 10 heteroatoms. The van der Waals surface area contributed by atoms with Gasteiger partial charge in [-0.25, -0.2) is 13.4 Å². The van der Waals surface area contributed by atoms with Crippen LogP contribution in [0.4, 0.5) is 15.9 Å². The van der Waals surface area contributed by atoms with Crippen LogP contribution in [0.3, 0.4) is 0 Å². The maximum Gasteiger partial charge on any atom is 0.261 e. The van der Waals surface area contributed by atoms with Crippen molar-refractivity contribution in [2.75, 3.05) is 24.9 Å². The summed E-state index contributed by atoms with van der Waals surface area (Å²) in [5.74, 6) is 1.24. The average Bonchev–Trinajstić information content (AvgIpc) is 2.83. The van der Waals surface area contributed by atoms with Gasteiger partial charge in [0, 0.05) is 25.0 Å². The predicted octanol–water partition coefficient (Wildman–Crippen LogP) is 4.00. The minimum atomic E-state index is -3.70. The van der Waals surface area contributed by atoms with E-state index in [1.54, 1.807) is 69.5 Å². The lowest BCUT2D eigenvalue weighted by Gasteiger charge is -2.14. The van der Waals surface area contributed by atoms with Crippen LogP contribution in [0.15, 0.2) is 83.3 Å². The van der Waals surface area contributed by atoms with Gasteiger partial charge in [-0.15, -0.1) is 0 Å². The van der Waals surface area contributed by atoms with Gasteiger partial charge in [0.2, 0.25) is 6.41 Å². The number of benzene rings is 1. The Morgan fingerprint density at radius 3 is 2.31 bits per heavy atom. The van der Waals surface area contributed by atoms with Gasteiger partial charge in [-0.1, -0.05) is 24.3 Å². The van der Waals surface area contributed by atoms with Crippen LogP contribution in [0.2, 0.25) is 0 Å². The van der Waals surface area contributed by atoms with Gasteiger partial charge >= 0.3 is 0 Å². The van der Waals surface area contributed by atoms with E-state index in [1.165, 1.54) is 18.3 Å². The summed E-state index contributed by atoms with van der Waals surface area (Å²) in [6.07, 6.45) is 8.63. The van der Waals surface area contributed by atoms with Crippen molar-refractivity contribution in [3.05, 3.63) is 78.4 Å². The number of alkyl halides is 1. The largest absolute Gasteiger partial charge is 0.455 e. The highest BCUT2D eigenvalue weighted by Gasteiger charge is 2.14. The van der Waals surface area contributed by atoms with Crippen molar-refractivity contribution in [1.29, 1.82) is 0 Å². The van der Waals surface area contributed by atoms with Crippen molar-refractivity contribution >= 4 is 27.9 Å². The minimum Gasteiger partial charge on any atom is -0.455 e. The Hall–Kier alpha value is -3.66. The molecule has 2 aromatic rings. The van der Waals surface area contributed by atoms with Gasteiger partial charge in [-0.05, 0) is 44.2 Å². The summed E-state index contributed by atoms with van der Waals surface area (Å²) in [6, 6.07) is 9.76. The van der Waals surface area contributed by atoms with E-state index in [1.807, 2.05) is 0 Å². The van der Waals surface area contributed by atoms with Gasteiger partial charge in [0.1, 0.15) is 11.4 Å². The van der Waals surface area contributed by atoms with Crippen LogP contribution in [0.1, 0.15) is 13.8 Å². The van der Waals surface area contributed by atoms with Gasteiger partial charge in [-0.3, -0.25) is 13.9 Å². The first-order chi connectivity index (χ1) is 15.4. The molecule has 2 rings (SSSR count). The molecule has 1 aromatic carbocycles. The number of ether oxygens (including phenoxy) is 1. The second-order valence-electron chi connectivity index (χ2n) is 5.83. The number of allylic oxidation sites excluding steroid dienone is 4. The smallest absolute Gasteiger partial charge is 0.261 e. The molecular weight excluding hydrogens is 435 g/mol. The Labute approximate surface area is 188 Å². The third kappa shape index (κ3) is 7.55. The number of anilines is 2. The van der Waals surface area contributed by atoms with Crippen LogP contribution in [-0.2, 0) is 14.8 Å². The highest BCUT2D eigenvalue weighted by atomic mass is 32.2. The number of hydrogen-bond acceptors (Lipinski definition) is 6. The highest BCUT2D eigenvalue weighted by molar-refractivity contribution is 7.89. The molecule has 0 atom stereocenters. The molecule has 0 saturated carbocycles. The summed E-state index contributed by atoms with van der Waals surface area (Å²) >= 11 is 0. The van der Waals surface area contributed by atoms with Gasteiger partial charge < -0.3 is 15.4 Å². The summed E-state index contributed by atoms with van der Waals surface area (Å²) in [4.78, 5) is 15.0. The number of carbonyl (C=O) groups is 1. The van der Waals surface area contributed by atoms with Crippen LogP contribution < -0.4 is 20.1 Å². The topological polar surface area (TPSA) is 109 Å². The third-order valence-corrected chi connectivity index (χ3v) is 5.31. The van der Waals surface area contributed by atoms with E-state index in [9.17, 15) is 17.6 Å². The minimum absolute atomic E-state index is 0.172. The van der Waals surface area contributed by atoms with E-state index >= 15 is 0 Å². The molecule has 0 aliphatic heterocycles. The monoisotopic (exact) mass is 462 g/mol.